The van der Waals surface area contributed by atoms with Crippen LogP contribution in [0.3, 0.4) is 0 Å². The number of hydrogen-bond acceptors (Lipinski definition) is 4. The van der Waals surface area contributed by atoms with Crippen LogP contribution in [-0.4, -0.2) is 18.8 Å². The van der Waals surface area contributed by atoms with E-state index in [9.17, 15) is 9.59 Å². The molecule has 0 saturated carbocycles. The van der Waals surface area contributed by atoms with Crippen LogP contribution < -0.4 is 9.64 Å². The van der Waals surface area contributed by atoms with E-state index in [-0.39, 0.29) is 0 Å². The van der Waals surface area contributed by atoms with Crippen molar-refractivity contribution in [2.45, 2.75) is 6.54 Å². The summed E-state index contributed by atoms with van der Waals surface area (Å²) in [5.74, 6) is -0.391. The Hall–Kier alpha value is -1.66. The summed E-state index contributed by atoms with van der Waals surface area (Å²) < 4.78 is 6.09. The van der Waals surface area contributed by atoms with Gasteiger partial charge in [0.1, 0.15) is 5.75 Å². The highest BCUT2D eigenvalue weighted by molar-refractivity contribution is 9.11. The molecular weight excluding hydrogens is 342 g/mol. The minimum atomic E-state index is -0.488. The van der Waals surface area contributed by atoms with Gasteiger partial charge in [0.15, 0.2) is 0 Å². The van der Waals surface area contributed by atoms with E-state index in [1.807, 2.05) is 12.1 Å². The number of carbonyl (C=O) groups excluding carboxylic acids is 2. The van der Waals surface area contributed by atoms with Crippen LogP contribution in [0.4, 0.5) is 5.69 Å². The average Bonchev–Trinajstić information content (AvgIpc) is 2.96. The number of Topliss-reactive ketones (excluding diaryl/α,β-unsaturated/α-hetero) is 1. The molecule has 1 amide bonds. The maximum absolute atomic E-state index is 12.1. The number of hydrogen-bond donors (Lipinski definition) is 0. The highest BCUT2D eigenvalue weighted by Crippen LogP contribution is 2.34. The van der Waals surface area contributed by atoms with Gasteiger partial charge in [-0.15, -0.1) is 11.3 Å². The van der Waals surface area contributed by atoms with Crippen molar-refractivity contribution in [2.75, 3.05) is 12.0 Å². The Morgan fingerprint density at radius 3 is 2.70 bits per heavy atom. The van der Waals surface area contributed by atoms with E-state index < -0.39 is 11.7 Å². The molecule has 0 N–H and O–H groups in total. The number of nitrogens with zero attached hydrogens (tertiary/aromatic N) is 1. The maximum Gasteiger partial charge on any atom is 0.299 e. The second kappa shape index (κ2) is 5.03. The molecule has 0 aliphatic carbocycles. The van der Waals surface area contributed by atoms with Gasteiger partial charge >= 0.3 is 0 Å². The fourth-order valence-corrected chi connectivity index (χ4v) is 3.63. The van der Waals surface area contributed by atoms with Crippen LogP contribution in [0.2, 0.25) is 0 Å². The largest absolute Gasteiger partial charge is 0.497 e. The molecule has 0 unspecified atom stereocenters. The number of carbonyl (C=O) groups is 2. The van der Waals surface area contributed by atoms with Gasteiger partial charge in [-0.25, -0.2) is 0 Å². The van der Waals surface area contributed by atoms with E-state index in [0.717, 1.165) is 8.66 Å². The van der Waals surface area contributed by atoms with Gasteiger partial charge in [-0.05, 0) is 46.3 Å². The standard InChI is InChI=1S/C14H10BrNO3S/c1-19-8-2-4-11-10(6-8)13(17)14(18)16(11)7-9-3-5-12(15)20-9/h2-6H,7H2,1H3. The normalized spacial score (nSPS) is 13.8. The topological polar surface area (TPSA) is 46.6 Å². The highest BCUT2D eigenvalue weighted by Gasteiger charge is 2.36. The fourth-order valence-electron chi connectivity index (χ4n) is 2.16. The molecule has 2 heterocycles. The number of methoxy groups -OCH3 is 1. The summed E-state index contributed by atoms with van der Waals surface area (Å²) in [6.45, 7) is 0.403. The Kier molecular flexibility index (Phi) is 3.35. The van der Waals surface area contributed by atoms with Crippen molar-refractivity contribution in [3.63, 3.8) is 0 Å². The zero-order valence-corrected chi connectivity index (χ0v) is 13.0. The Balaban J connectivity index is 1.98. The number of halogens is 1. The van der Waals surface area contributed by atoms with Crippen LogP contribution in [0.5, 0.6) is 5.75 Å². The monoisotopic (exact) mass is 351 g/mol. The Bertz CT molecular complexity index is 710. The van der Waals surface area contributed by atoms with Crippen LogP contribution in [0.1, 0.15) is 15.2 Å². The van der Waals surface area contributed by atoms with Crippen molar-refractivity contribution < 1.29 is 14.3 Å². The lowest BCUT2D eigenvalue weighted by Crippen LogP contribution is -2.28. The van der Waals surface area contributed by atoms with E-state index >= 15 is 0 Å². The van der Waals surface area contributed by atoms with Gasteiger partial charge in [0.25, 0.3) is 11.7 Å². The lowest BCUT2D eigenvalue weighted by molar-refractivity contribution is -0.114. The minimum Gasteiger partial charge on any atom is -0.497 e. The number of rotatable bonds is 3. The summed E-state index contributed by atoms with van der Waals surface area (Å²) >= 11 is 4.94. The lowest BCUT2D eigenvalue weighted by Gasteiger charge is -2.15. The van der Waals surface area contributed by atoms with Crippen LogP contribution in [-0.2, 0) is 11.3 Å². The van der Waals surface area contributed by atoms with E-state index in [0.29, 0.717) is 23.5 Å². The number of fused-ring (bicyclic) bond motifs is 1. The van der Waals surface area contributed by atoms with Crippen LogP contribution in [0, 0.1) is 0 Å². The summed E-state index contributed by atoms with van der Waals surface area (Å²) in [7, 11) is 1.53. The van der Waals surface area contributed by atoms with Crippen molar-refractivity contribution >= 4 is 44.6 Å². The Labute approximate surface area is 128 Å². The molecule has 0 bridgehead atoms. The third kappa shape index (κ3) is 2.14. The summed E-state index contributed by atoms with van der Waals surface area (Å²) in [4.78, 5) is 26.6. The molecular formula is C14H10BrNO3S. The fraction of sp³-hybridized carbons (Fsp3) is 0.143. The van der Waals surface area contributed by atoms with E-state index in [1.165, 1.54) is 12.0 Å². The molecule has 0 saturated heterocycles. The van der Waals surface area contributed by atoms with Crippen molar-refractivity contribution in [3.8, 4) is 5.75 Å². The first-order valence-corrected chi connectivity index (χ1v) is 7.49. The second-order valence-corrected chi connectivity index (χ2v) is 6.86. The van der Waals surface area contributed by atoms with Crippen LogP contribution in [0.25, 0.3) is 0 Å². The second-order valence-electron chi connectivity index (χ2n) is 4.31. The van der Waals surface area contributed by atoms with Gasteiger partial charge in [0, 0.05) is 4.88 Å². The Morgan fingerprint density at radius 2 is 2.05 bits per heavy atom. The number of ether oxygens (including phenoxy) is 1. The average molecular weight is 352 g/mol. The van der Waals surface area contributed by atoms with E-state index in [2.05, 4.69) is 15.9 Å². The first kappa shape index (κ1) is 13.3. The molecule has 3 rings (SSSR count). The summed E-state index contributed by atoms with van der Waals surface area (Å²) in [5.41, 5.74) is 1.05. The Morgan fingerprint density at radius 1 is 1.25 bits per heavy atom. The van der Waals surface area contributed by atoms with Crippen molar-refractivity contribution in [1.29, 1.82) is 0 Å². The van der Waals surface area contributed by atoms with Crippen molar-refractivity contribution in [2.24, 2.45) is 0 Å². The highest BCUT2D eigenvalue weighted by atomic mass is 79.9. The summed E-state index contributed by atoms with van der Waals surface area (Å²) in [6, 6.07) is 8.98. The summed E-state index contributed by atoms with van der Waals surface area (Å²) in [6.07, 6.45) is 0. The van der Waals surface area contributed by atoms with E-state index in [4.69, 9.17) is 4.74 Å². The number of thiophene rings is 1. The third-order valence-corrected chi connectivity index (χ3v) is 4.73. The number of ketones is 1. The number of amides is 1. The van der Waals surface area contributed by atoms with Gasteiger partial charge in [-0.1, -0.05) is 0 Å². The predicted octanol–water partition coefficient (Wildman–Crippen LogP) is 3.25. The zero-order chi connectivity index (χ0) is 14.3. The minimum absolute atomic E-state index is 0.403. The molecule has 6 heteroatoms. The SMILES string of the molecule is COc1ccc2c(c1)C(=O)C(=O)N2Cc1ccc(Br)s1. The molecule has 0 fully saturated rings. The van der Waals surface area contributed by atoms with Gasteiger partial charge in [-0.2, -0.15) is 0 Å². The first-order chi connectivity index (χ1) is 9.60. The van der Waals surface area contributed by atoms with Crippen molar-refractivity contribution in [1.82, 2.24) is 0 Å². The number of benzene rings is 1. The molecule has 1 aliphatic rings. The van der Waals surface area contributed by atoms with Crippen molar-refractivity contribution in [3.05, 3.63) is 44.6 Å². The lowest BCUT2D eigenvalue weighted by atomic mass is 10.1. The molecule has 0 spiro atoms. The molecule has 1 aromatic carbocycles. The molecule has 4 nitrogen and oxygen atoms in total. The van der Waals surface area contributed by atoms with Gasteiger partial charge in [-0.3, -0.25) is 14.5 Å². The molecule has 102 valence electrons. The first-order valence-electron chi connectivity index (χ1n) is 5.88. The number of anilines is 1. The molecule has 20 heavy (non-hydrogen) atoms. The molecule has 1 aliphatic heterocycles. The van der Waals surface area contributed by atoms with Crippen LogP contribution in [0.15, 0.2) is 34.1 Å². The molecule has 2 aromatic rings. The molecule has 0 radical (unpaired) electrons. The summed E-state index contributed by atoms with van der Waals surface area (Å²) in [5, 5.41) is 0. The van der Waals surface area contributed by atoms with Gasteiger partial charge in [0.2, 0.25) is 0 Å². The maximum atomic E-state index is 12.1. The zero-order valence-electron chi connectivity index (χ0n) is 10.6. The molecule has 1 aromatic heterocycles. The van der Waals surface area contributed by atoms with Crippen LogP contribution >= 0.6 is 27.3 Å². The quantitative estimate of drug-likeness (QED) is 0.797. The predicted molar refractivity (Wildman–Crippen MR) is 80.5 cm³/mol. The van der Waals surface area contributed by atoms with Gasteiger partial charge < -0.3 is 4.74 Å². The third-order valence-electron chi connectivity index (χ3n) is 3.12. The van der Waals surface area contributed by atoms with E-state index in [1.54, 1.807) is 29.5 Å². The smallest absolute Gasteiger partial charge is 0.299 e. The van der Waals surface area contributed by atoms with Gasteiger partial charge in [0.05, 0.1) is 28.7 Å². The molecule has 0 atom stereocenters.